The number of halogens is 1. The average Bonchev–Trinajstić information content (AvgIpc) is 2.94. The van der Waals surface area contributed by atoms with Crippen molar-refractivity contribution in [2.45, 2.75) is 25.3 Å². The van der Waals surface area contributed by atoms with Gasteiger partial charge in [-0.25, -0.2) is 4.39 Å². The lowest BCUT2D eigenvalue weighted by Gasteiger charge is -2.14. The maximum Gasteiger partial charge on any atom is 0.143 e. The van der Waals surface area contributed by atoms with Gasteiger partial charge in [0.2, 0.25) is 0 Å². The third-order valence-corrected chi connectivity index (χ3v) is 2.82. The van der Waals surface area contributed by atoms with Crippen LogP contribution in [0.15, 0.2) is 12.1 Å². The molecular formula is C11H15FN2O. The maximum absolute atomic E-state index is 13.1. The van der Waals surface area contributed by atoms with E-state index in [2.05, 4.69) is 0 Å². The van der Waals surface area contributed by atoms with Gasteiger partial charge in [-0.2, -0.15) is 0 Å². The number of nitrogen functional groups attached to an aromatic ring is 1. The number of benzene rings is 1. The molecular weight excluding hydrogens is 195 g/mol. The molecule has 3 nitrogen and oxygen atoms in total. The van der Waals surface area contributed by atoms with Crippen molar-refractivity contribution in [3.63, 3.8) is 0 Å². The van der Waals surface area contributed by atoms with Crippen LogP contribution in [0.3, 0.4) is 0 Å². The van der Waals surface area contributed by atoms with E-state index in [0.29, 0.717) is 11.5 Å². The molecule has 0 heterocycles. The molecule has 0 saturated heterocycles. The fourth-order valence-corrected chi connectivity index (χ4v) is 1.76. The summed E-state index contributed by atoms with van der Waals surface area (Å²) in [5.74, 6) is 0.0972. The number of nitrogens with two attached hydrogens (primary N) is 2. The van der Waals surface area contributed by atoms with Gasteiger partial charge in [0.15, 0.2) is 0 Å². The van der Waals surface area contributed by atoms with Gasteiger partial charge < -0.3 is 16.6 Å². The molecule has 1 fully saturated rings. The number of aromatic hydroxyl groups is 1. The van der Waals surface area contributed by atoms with Gasteiger partial charge in [0, 0.05) is 17.7 Å². The molecule has 5 N–H and O–H groups in total. The van der Waals surface area contributed by atoms with Crippen LogP contribution in [0.2, 0.25) is 0 Å². The molecule has 1 aliphatic carbocycles. The summed E-state index contributed by atoms with van der Waals surface area (Å²) in [5.41, 5.74) is 11.8. The van der Waals surface area contributed by atoms with Crippen LogP contribution in [0.25, 0.3) is 0 Å². The Balaban J connectivity index is 2.24. The summed E-state index contributed by atoms with van der Waals surface area (Å²) in [6.45, 7) is 0. The number of anilines is 1. The fourth-order valence-electron chi connectivity index (χ4n) is 1.76. The van der Waals surface area contributed by atoms with E-state index in [0.717, 1.165) is 12.5 Å². The van der Waals surface area contributed by atoms with Crippen LogP contribution in [0, 0.1) is 11.7 Å². The fraction of sp³-hybridized carbons (Fsp3) is 0.455. The SMILES string of the molecule is Nc1cc(F)cc([C@H](N)CC2CC2)c1O. The normalized spacial score (nSPS) is 17.7. The maximum atomic E-state index is 13.1. The number of hydrogen-bond acceptors (Lipinski definition) is 3. The molecule has 1 aromatic rings. The summed E-state index contributed by atoms with van der Waals surface area (Å²) in [7, 11) is 0. The van der Waals surface area contributed by atoms with Crippen molar-refractivity contribution >= 4 is 5.69 Å². The van der Waals surface area contributed by atoms with Gasteiger partial charge in [0.05, 0.1) is 5.69 Å². The van der Waals surface area contributed by atoms with Gasteiger partial charge in [0.1, 0.15) is 11.6 Å². The largest absolute Gasteiger partial charge is 0.505 e. The second-order valence-electron chi connectivity index (χ2n) is 4.22. The summed E-state index contributed by atoms with van der Waals surface area (Å²) in [5, 5.41) is 9.65. The second kappa shape index (κ2) is 3.70. The molecule has 0 unspecified atom stereocenters. The van der Waals surface area contributed by atoms with E-state index < -0.39 is 5.82 Å². The lowest BCUT2D eigenvalue weighted by molar-refractivity contribution is 0.455. The molecule has 0 bridgehead atoms. The van der Waals surface area contributed by atoms with Gasteiger partial charge >= 0.3 is 0 Å². The average molecular weight is 210 g/mol. The first-order valence-corrected chi connectivity index (χ1v) is 5.11. The van der Waals surface area contributed by atoms with Gasteiger partial charge in [0.25, 0.3) is 0 Å². The molecule has 15 heavy (non-hydrogen) atoms. The lowest BCUT2D eigenvalue weighted by atomic mass is 10.00. The quantitative estimate of drug-likeness (QED) is 0.527. The summed E-state index contributed by atoms with van der Waals surface area (Å²) in [6, 6.07) is 2.04. The molecule has 0 amide bonds. The van der Waals surface area contributed by atoms with Crippen LogP contribution in [-0.2, 0) is 0 Å². The molecule has 4 heteroatoms. The Morgan fingerprint density at radius 3 is 2.73 bits per heavy atom. The summed E-state index contributed by atoms with van der Waals surface area (Å²) in [6.07, 6.45) is 3.15. The zero-order valence-electron chi connectivity index (χ0n) is 8.41. The lowest BCUT2D eigenvalue weighted by Crippen LogP contribution is -2.12. The molecule has 2 rings (SSSR count). The monoisotopic (exact) mass is 210 g/mol. The van der Waals surface area contributed by atoms with Crippen molar-refractivity contribution in [1.29, 1.82) is 0 Å². The molecule has 1 atom stereocenters. The number of hydrogen-bond donors (Lipinski definition) is 3. The zero-order valence-corrected chi connectivity index (χ0v) is 8.41. The van der Waals surface area contributed by atoms with E-state index in [-0.39, 0.29) is 17.5 Å². The van der Waals surface area contributed by atoms with Gasteiger partial charge in [-0.15, -0.1) is 0 Å². The van der Waals surface area contributed by atoms with E-state index in [1.165, 1.54) is 18.9 Å². The minimum absolute atomic E-state index is 0.0521. The number of rotatable bonds is 3. The van der Waals surface area contributed by atoms with E-state index in [4.69, 9.17) is 11.5 Å². The van der Waals surface area contributed by atoms with Crippen molar-refractivity contribution in [3.05, 3.63) is 23.5 Å². The molecule has 1 saturated carbocycles. The Morgan fingerprint density at radius 1 is 1.47 bits per heavy atom. The standard InChI is InChI=1S/C11H15FN2O/c12-7-4-8(11(15)10(14)5-7)9(13)3-6-1-2-6/h4-6,9,15H,1-3,13-14H2/t9-/m1/s1. The molecule has 0 spiro atoms. The van der Waals surface area contributed by atoms with Crippen molar-refractivity contribution < 1.29 is 9.50 Å². The minimum atomic E-state index is -0.452. The van der Waals surface area contributed by atoms with E-state index >= 15 is 0 Å². The smallest absolute Gasteiger partial charge is 0.143 e. The molecule has 82 valence electrons. The minimum Gasteiger partial charge on any atom is -0.505 e. The Hall–Kier alpha value is -1.29. The molecule has 0 aromatic heterocycles. The predicted octanol–water partition coefficient (Wildman–Crippen LogP) is 1.91. The van der Waals surface area contributed by atoms with Crippen LogP contribution < -0.4 is 11.5 Å². The van der Waals surface area contributed by atoms with Crippen molar-refractivity contribution in [1.82, 2.24) is 0 Å². The van der Waals surface area contributed by atoms with E-state index in [1.807, 2.05) is 0 Å². The van der Waals surface area contributed by atoms with E-state index in [9.17, 15) is 9.50 Å². The highest BCUT2D eigenvalue weighted by Gasteiger charge is 2.26. The number of phenols is 1. The third kappa shape index (κ3) is 2.21. The summed E-state index contributed by atoms with van der Waals surface area (Å²) >= 11 is 0. The topological polar surface area (TPSA) is 72.3 Å². The summed E-state index contributed by atoms with van der Waals surface area (Å²) in [4.78, 5) is 0. The van der Waals surface area contributed by atoms with Crippen LogP contribution in [0.1, 0.15) is 30.9 Å². The third-order valence-electron chi connectivity index (χ3n) is 2.82. The Kier molecular flexibility index (Phi) is 2.52. The first kappa shape index (κ1) is 10.2. The van der Waals surface area contributed by atoms with Crippen molar-refractivity contribution in [3.8, 4) is 5.75 Å². The van der Waals surface area contributed by atoms with E-state index in [1.54, 1.807) is 0 Å². The van der Waals surface area contributed by atoms with Crippen molar-refractivity contribution in [2.75, 3.05) is 5.73 Å². The molecule has 1 aliphatic rings. The van der Waals surface area contributed by atoms with Crippen molar-refractivity contribution in [2.24, 2.45) is 11.7 Å². The summed E-state index contributed by atoms with van der Waals surface area (Å²) < 4.78 is 13.1. The zero-order chi connectivity index (χ0) is 11.0. The van der Waals surface area contributed by atoms with Gasteiger partial charge in [-0.05, 0) is 18.4 Å². The van der Waals surface area contributed by atoms with Gasteiger partial charge in [-0.1, -0.05) is 12.8 Å². The highest BCUT2D eigenvalue weighted by molar-refractivity contribution is 5.57. The predicted molar refractivity (Wildman–Crippen MR) is 56.7 cm³/mol. The molecule has 1 aromatic carbocycles. The molecule has 0 aliphatic heterocycles. The second-order valence-corrected chi connectivity index (χ2v) is 4.22. The highest BCUT2D eigenvalue weighted by atomic mass is 19.1. The molecule has 0 radical (unpaired) electrons. The van der Waals surface area contributed by atoms with Crippen LogP contribution >= 0.6 is 0 Å². The van der Waals surface area contributed by atoms with Crippen LogP contribution in [-0.4, -0.2) is 5.11 Å². The van der Waals surface area contributed by atoms with Crippen LogP contribution in [0.4, 0.5) is 10.1 Å². The first-order chi connectivity index (χ1) is 7.08. The number of phenolic OH excluding ortho intramolecular Hbond substituents is 1. The van der Waals surface area contributed by atoms with Crippen LogP contribution in [0.5, 0.6) is 5.75 Å². The highest BCUT2D eigenvalue weighted by Crippen LogP contribution is 2.39. The Labute approximate surface area is 87.9 Å². The Morgan fingerprint density at radius 2 is 2.13 bits per heavy atom. The first-order valence-electron chi connectivity index (χ1n) is 5.11. The van der Waals surface area contributed by atoms with Gasteiger partial charge in [-0.3, -0.25) is 0 Å². The Bertz CT molecular complexity index is 377.